The van der Waals surface area contributed by atoms with Gasteiger partial charge in [-0.05, 0) is 37.1 Å². The molecule has 0 spiro atoms. The van der Waals surface area contributed by atoms with Crippen LogP contribution in [0.2, 0.25) is 0 Å². The lowest BCUT2D eigenvalue weighted by Crippen LogP contribution is -2.14. The molecule has 1 N–H and O–H groups in total. The van der Waals surface area contributed by atoms with Crippen LogP contribution in [0.1, 0.15) is 36.4 Å². The monoisotopic (exact) mass is 197 g/mol. The number of hydrogen-bond donors (Lipinski definition) is 1. The van der Waals surface area contributed by atoms with Crippen LogP contribution in [0.4, 0.5) is 8.78 Å². The van der Waals surface area contributed by atoms with E-state index in [0.717, 1.165) is 6.42 Å². The normalized spacial score (nSPS) is 25.1. The minimum atomic E-state index is -0.301. The molecule has 0 fully saturated rings. The third-order valence-corrected chi connectivity index (χ3v) is 2.96. The highest BCUT2D eigenvalue weighted by Crippen LogP contribution is 2.42. The van der Waals surface area contributed by atoms with E-state index in [-0.39, 0.29) is 23.6 Å². The van der Waals surface area contributed by atoms with Gasteiger partial charge >= 0.3 is 0 Å². The number of hydrogen-bond acceptors (Lipinski definition) is 1. The molecule has 2 rings (SSSR count). The molecular weight excluding hydrogens is 184 g/mol. The summed E-state index contributed by atoms with van der Waals surface area (Å²) >= 11 is 0. The summed E-state index contributed by atoms with van der Waals surface area (Å²) in [6.45, 7) is 1.93. The summed E-state index contributed by atoms with van der Waals surface area (Å²) in [4.78, 5) is 0. The van der Waals surface area contributed by atoms with Crippen molar-refractivity contribution in [2.45, 2.75) is 25.3 Å². The quantitative estimate of drug-likeness (QED) is 0.730. The van der Waals surface area contributed by atoms with Crippen molar-refractivity contribution in [3.63, 3.8) is 0 Å². The molecule has 1 aromatic carbocycles. The summed E-state index contributed by atoms with van der Waals surface area (Å²) in [6, 6.07) is 2.37. The van der Waals surface area contributed by atoms with Gasteiger partial charge in [0.25, 0.3) is 0 Å². The van der Waals surface area contributed by atoms with E-state index in [1.165, 1.54) is 12.1 Å². The van der Waals surface area contributed by atoms with E-state index in [4.69, 9.17) is 0 Å². The van der Waals surface area contributed by atoms with Gasteiger partial charge in [-0.25, -0.2) is 8.78 Å². The van der Waals surface area contributed by atoms with Crippen molar-refractivity contribution in [3.05, 3.63) is 34.9 Å². The fourth-order valence-electron chi connectivity index (χ4n) is 2.29. The molecule has 2 atom stereocenters. The Kier molecular flexibility index (Phi) is 2.27. The maximum atomic E-state index is 13.5. The molecule has 0 heterocycles. The Bertz CT molecular complexity index is 363. The molecule has 3 heteroatoms. The maximum Gasteiger partial charge on any atom is 0.128 e. The lowest BCUT2D eigenvalue weighted by atomic mass is 10.0. The summed E-state index contributed by atoms with van der Waals surface area (Å²) in [5.74, 6) is -0.491. The zero-order chi connectivity index (χ0) is 10.3. The molecule has 0 bridgehead atoms. The van der Waals surface area contributed by atoms with E-state index in [0.29, 0.717) is 11.1 Å². The van der Waals surface area contributed by atoms with Crippen LogP contribution in [0.15, 0.2) is 12.1 Å². The van der Waals surface area contributed by atoms with Crippen LogP contribution in [-0.2, 0) is 0 Å². The Labute approximate surface area is 82.1 Å². The van der Waals surface area contributed by atoms with Crippen molar-refractivity contribution < 1.29 is 8.78 Å². The predicted molar refractivity (Wildman–Crippen MR) is 51.2 cm³/mol. The average Bonchev–Trinajstić information content (AvgIpc) is 2.50. The highest BCUT2D eigenvalue weighted by atomic mass is 19.1. The van der Waals surface area contributed by atoms with Crippen molar-refractivity contribution in [1.82, 2.24) is 5.32 Å². The molecule has 2 unspecified atom stereocenters. The summed E-state index contributed by atoms with van der Waals surface area (Å²) in [5, 5.41) is 3.01. The van der Waals surface area contributed by atoms with Crippen molar-refractivity contribution in [2.24, 2.45) is 0 Å². The van der Waals surface area contributed by atoms with Crippen LogP contribution in [-0.4, -0.2) is 7.05 Å². The van der Waals surface area contributed by atoms with Gasteiger partial charge in [-0.2, -0.15) is 0 Å². The fourth-order valence-corrected chi connectivity index (χ4v) is 2.29. The first-order chi connectivity index (χ1) is 6.65. The molecule has 1 aliphatic carbocycles. The van der Waals surface area contributed by atoms with E-state index in [2.05, 4.69) is 5.32 Å². The van der Waals surface area contributed by atoms with Crippen LogP contribution >= 0.6 is 0 Å². The zero-order valence-corrected chi connectivity index (χ0v) is 8.27. The summed E-state index contributed by atoms with van der Waals surface area (Å²) in [5.41, 5.74) is 1.06. The first-order valence-corrected chi connectivity index (χ1v) is 4.80. The van der Waals surface area contributed by atoms with Gasteiger partial charge in [-0.15, -0.1) is 0 Å². The second-order valence-corrected chi connectivity index (χ2v) is 3.83. The average molecular weight is 197 g/mol. The minimum Gasteiger partial charge on any atom is -0.313 e. The standard InChI is InChI=1S/C11H13F2N/c1-6-5-9(14-2)11-8(13)4-3-7(12)10(6)11/h3-4,6,9,14H,5H2,1-2H3. The first-order valence-electron chi connectivity index (χ1n) is 4.80. The van der Waals surface area contributed by atoms with Gasteiger partial charge in [0.1, 0.15) is 11.6 Å². The lowest BCUT2D eigenvalue weighted by molar-refractivity contribution is 0.524. The molecule has 0 aliphatic heterocycles. The number of rotatable bonds is 1. The van der Waals surface area contributed by atoms with Crippen LogP contribution in [0.25, 0.3) is 0 Å². The third kappa shape index (κ3) is 1.23. The van der Waals surface area contributed by atoms with Crippen LogP contribution < -0.4 is 5.32 Å². The third-order valence-electron chi connectivity index (χ3n) is 2.96. The number of benzene rings is 1. The van der Waals surface area contributed by atoms with Crippen LogP contribution in [0.5, 0.6) is 0 Å². The molecule has 0 radical (unpaired) electrons. The molecule has 1 aromatic rings. The van der Waals surface area contributed by atoms with Gasteiger partial charge in [-0.3, -0.25) is 0 Å². The highest BCUT2D eigenvalue weighted by molar-refractivity contribution is 5.39. The Morgan fingerprint density at radius 1 is 1.21 bits per heavy atom. The molecule has 0 saturated carbocycles. The SMILES string of the molecule is CNC1CC(C)c2c(F)ccc(F)c21. The minimum absolute atomic E-state index is 0.0456. The second-order valence-electron chi connectivity index (χ2n) is 3.83. The van der Waals surface area contributed by atoms with E-state index in [9.17, 15) is 8.78 Å². The Balaban J connectivity index is 2.60. The smallest absolute Gasteiger partial charge is 0.128 e. The largest absolute Gasteiger partial charge is 0.313 e. The van der Waals surface area contributed by atoms with Gasteiger partial charge in [-0.1, -0.05) is 6.92 Å². The van der Waals surface area contributed by atoms with Gasteiger partial charge in [0.05, 0.1) is 0 Å². The number of halogens is 2. The first kappa shape index (κ1) is 9.59. The summed E-state index contributed by atoms with van der Waals surface area (Å²) < 4.78 is 26.9. The van der Waals surface area contributed by atoms with Crippen molar-refractivity contribution >= 4 is 0 Å². The Morgan fingerprint density at radius 3 is 2.36 bits per heavy atom. The summed E-state index contributed by atoms with van der Waals surface area (Å²) in [6.07, 6.45) is 0.768. The molecular formula is C11H13F2N. The van der Waals surface area contributed by atoms with Crippen molar-refractivity contribution in [1.29, 1.82) is 0 Å². The lowest BCUT2D eigenvalue weighted by Gasteiger charge is -2.10. The predicted octanol–water partition coefficient (Wildman–Crippen LogP) is 2.73. The molecule has 14 heavy (non-hydrogen) atoms. The number of nitrogens with one attached hydrogen (secondary N) is 1. The van der Waals surface area contributed by atoms with Crippen LogP contribution in [0, 0.1) is 11.6 Å². The number of fused-ring (bicyclic) bond motifs is 1. The van der Waals surface area contributed by atoms with Gasteiger partial charge < -0.3 is 5.32 Å². The molecule has 76 valence electrons. The van der Waals surface area contributed by atoms with Crippen molar-refractivity contribution in [3.8, 4) is 0 Å². The maximum absolute atomic E-state index is 13.5. The second kappa shape index (κ2) is 3.31. The fraction of sp³-hybridized carbons (Fsp3) is 0.455. The Hall–Kier alpha value is -0.960. The van der Waals surface area contributed by atoms with Crippen LogP contribution in [0.3, 0.4) is 0 Å². The highest BCUT2D eigenvalue weighted by Gasteiger charge is 2.32. The van der Waals surface area contributed by atoms with E-state index < -0.39 is 0 Å². The van der Waals surface area contributed by atoms with Crippen molar-refractivity contribution in [2.75, 3.05) is 7.05 Å². The topological polar surface area (TPSA) is 12.0 Å². The van der Waals surface area contributed by atoms with E-state index in [1.54, 1.807) is 7.05 Å². The molecule has 1 nitrogen and oxygen atoms in total. The molecule has 0 amide bonds. The molecule has 0 saturated heterocycles. The van der Waals surface area contributed by atoms with E-state index in [1.807, 2.05) is 6.92 Å². The van der Waals surface area contributed by atoms with Gasteiger partial charge in [0.15, 0.2) is 0 Å². The summed E-state index contributed by atoms with van der Waals surface area (Å²) in [7, 11) is 1.77. The zero-order valence-electron chi connectivity index (χ0n) is 8.27. The Morgan fingerprint density at radius 2 is 1.79 bits per heavy atom. The van der Waals surface area contributed by atoms with Gasteiger partial charge in [0.2, 0.25) is 0 Å². The molecule has 0 aromatic heterocycles. The van der Waals surface area contributed by atoms with E-state index >= 15 is 0 Å². The molecule has 1 aliphatic rings. The van der Waals surface area contributed by atoms with Gasteiger partial charge in [0, 0.05) is 11.6 Å².